The number of amides is 2. The van der Waals surface area contributed by atoms with Crippen LogP contribution in [0.5, 0.6) is 0 Å². The second-order valence-corrected chi connectivity index (χ2v) is 13.4. The number of likely N-dealkylation sites (tertiary alicyclic amines) is 1. The van der Waals surface area contributed by atoms with Crippen LogP contribution in [0.3, 0.4) is 0 Å². The Hall–Kier alpha value is -3.83. The van der Waals surface area contributed by atoms with Crippen LogP contribution in [0.2, 0.25) is 0 Å². The van der Waals surface area contributed by atoms with Crippen molar-refractivity contribution in [3.63, 3.8) is 0 Å². The standard InChI is InChI=1S/C28H30F6N8O4/c1-14-19(40-46-39-14)21(43)38-20(15-2-4-27(30,31)5-3-15)17-10-42-23(37-17)36-16(9-35-42)18-8-26(45,28(32,33)34)6-7-41(18)22(44)24-11-25(29,12-24)13-24/h9-10,15,18,20,45H,2-8,11-13H2,1H3,(H,38,43)/t18-,20+,24?,25?,26+/m1/s1. The number of nitrogens with one attached hydrogen (secondary N) is 1. The maximum Gasteiger partial charge on any atom is 0.417 e. The van der Waals surface area contributed by atoms with Crippen molar-refractivity contribution in [2.24, 2.45) is 11.3 Å². The maximum atomic E-state index is 14.3. The number of piperidine rings is 1. The first-order valence-electron chi connectivity index (χ1n) is 15.0. The van der Waals surface area contributed by atoms with E-state index in [-0.39, 0.29) is 60.7 Å². The van der Waals surface area contributed by atoms with Gasteiger partial charge in [0.1, 0.15) is 11.4 Å². The van der Waals surface area contributed by atoms with Gasteiger partial charge in [0.05, 0.1) is 41.3 Å². The summed E-state index contributed by atoms with van der Waals surface area (Å²) >= 11 is 0. The van der Waals surface area contributed by atoms with E-state index in [0.717, 1.165) is 0 Å². The summed E-state index contributed by atoms with van der Waals surface area (Å²) in [6.07, 6.45) is -4.72. The summed E-state index contributed by atoms with van der Waals surface area (Å²) in [4.78, 5) is 36.7. The first-order chi connectivity index (χ1) is 21.5. The predicted octanol–water partition coefficient (Wildman–Crippen LogP) is 3.96. The Morgan fingerprint density at radius 1 is 1.09 bits per heavy atom. The van der Waals surface area contributed by atoms with Crippen LogP contribution in [-0.4, -0.2) is 81.6 Å². The molecule has 0 aromatic carbocycles. The first kappa shape index (κ1) is 30.8. The zero-order chi connectivity index (χ0) is 32.9. The lowest BCUT2D eigenvalue weighted by molar-refractivity contribution is -0.280. The maximum absolute atomic E-state index is 14.3. The van der Waals surface area contributed by atoms with Gasteiger partial charge in [-0.1, -0.05) is 5.16 Å². The van der Waals surface area contributed by atoms with Gasteiger partial charge < -0.3 is 15.3 Å². The second kappa shape index (κ2) is 10.1. The zero-order valence-electron chi connectivity index (χ0n) is 24.5. The molecular formula is C28H30F6N8O4. The minimum absolute atomic E-state index is 0.00403. The highest BCUT2D eigenvalue weighted by atomic mass is 19.4. The fraction of sp³-hybridized carbons (Fsp3) is 0.679. The third-order valence-corrected chi connectivity index (χ3v) is 10.2. The lowest BCUT2D eigenvalue weighted by Crippen LogP contribution is -2.71. The molecule has 3 aromatic rings. The molecule has 2 N–H and O–H groups in total. The highest BCUT2D eigenvalue weighted by Gasteiger charge is 2.74. The van der Waals surface area contributed by atoms with E-state index in [4.69, 9.17) is 0 Å². The molecule has 3 atom stereocenters. The van der Waals surface area contributed by atoms with Crippen LogP contribution in [-0.2, 0) is 4.79 Å². The number of alkyl halides is 6. The molecule has 1 saturated heterocycles. The SMILES string of the molecule is Cc1nonc1C(=O)N[C@H](c1cn2ncc([C@H]3C[C@](O)(C(F)(F)F)CCN3C(=O)C34CC(F)(C3)C4)nc2n1)C1CCC(F)(F)CC1. The molecular weight excluding hydrogens is 626 g/mol. The number of fused-ring (bicyclic) bond motifs is 1. The molecule has 2 amide bonds. The highest BCUT2D eigenvalue weighted by molar-refractivity contribution is 5.93. The molecule has 18 heteroatoms. The quantitative estimate of drug-likeness (QED) is 0.376. The molecule has 1 aliphatic heterocycles. The number of halogens is 6. The third-order valence-electron chi connectivity index (χ3n) is 10.2. The van der Waals surface area contributed by atoms with Gasteiger partial charge in [-0.15, -0.1) is 0 Å². The van der Waals surface area contributed by atoms with Crippen molar-refractivity contribution in [3.8, 4) is 0 Å². The summed E-state index contributed by atoms with van der Waals surface area (Å²) in [5.41, 5.74) is -5.24. The first-order valence-corrected chi connectivity index (χ1v) is 15.0. The molecule has 5 fully saturated rings. The number of aliphatic hydroxyl groups is 1. The van der Waals surface area contributed by atoms with Gasteiger partial charge in [-0.3, -0.25) is 9.59 Å². The summed E-state index contributed by atoms with van der Waals surface area (Å²) in [5.74, 6) is -4.56. The van der Waals surface area contributed by atoms with Crippen LogP contribution >= 0.6 is 0 Å². The van der Waals surface area contributed by atoms with Gasteiger partial charge in [0.15, 0.2) is 11.3 Å². The monoisotopic (exact) mass is 656 g/mol. The van der Waals surface area contributed by atoms with E-state index in [2.05, 4.69) is 35.3 Å². The number of aromatic nitrogens is 6. The second-order valence-electron chi connectivity index (χ2n) is 13.4. The summed E-state index contributed by atoms with van der Waals surface area (Å²) in [6, 6.07) is -2.24. The van der Waals surface area contributed by atoms with Crippen LogP contribution in [0, 0.1) is 18.3 Å². The van der Waals surface area contributed by atoms with Crippen molar-refractivity contribution in [2.45, 2.75) is 100 Å². The van der Waals surface area contributed by atoms with Crippen molar-refractivity contribution in [3.05, 3.63) is 35.2 Å². The van der Waals surface area contributed by atoms with Gasteiger partial charge in [-0.25, -0.2) is 32.3 Å². The average Bonchev–Trinajstić information content (AvgIpc) is 3.58. The van der Waals surface area contributed by atoms with E-state index in [9.17, 15) is 41.0 Å². The van der Waals surface area contributed by atoms with Gasteiger partial charge in [-0.05, 0) is 50.1 Å². The van der Waals surface area contributed by atoms with E-state index in [1.54, 1.807) is 0 Å². The third kappa shape index (κ3) is 4.99. The van der Waals surface area contributed by atoms with Crippen molar-refractivity contribution in [1.29, 1.82) is 0 Å². The van der Waals surface area contributed by atoms with Crippen LogP contribution in [0.15, 0.2) is 17.0 Å². The van der Waals surface area contributed by atoms with Gasteiger partial charge >= 0.3 is 6.18 Å². The van der Waals surface area contributed by atoms with Gasteiger partial charge in [0.25, 0.3) is 11.7 Å². The minimum atomic E-state index is -4.99. The van der Waals surface area contributed by atoms with Crippen molar-refractivity contribution < 1.29 is 45.7 Å². The summed E-state index contributed by atoms with van der Waals surface area (Å²) in [5, 5.41) is 24.8. The van der Waals surface area contributed by atoms with Crippen molar-refractivity contribution in [2.75, 3.05) is 6.54 Å². The van der Waals surface area contributed by atoms with E-state index in [0.29, 0.717) is 0 Å². The number of aryl methyl sites for hydroxylation is 1. The number of hydrogen-bond donors (Lipinski definition) is 2. The normalized spacial score (nSPS) is 31.7. The fourth-order valence-corrected chi connectivity index (χ4v) is 7.55. The molecule has 8 rings (SSSR count). The minimum Gasteiger partial charge on any atom is -0.380 e. The van der Waals surface area contributed by atoms with Crippen LogP contribution in [0.4, 0.5) is 26.3 Å². The molecule has 4 saturated carbocycles. The molecule has 5 aliphatic rings. The Kier molecular flexibility index (Phi) is 6.75. The Labute approximate surface area is 256 Å². The van der Waals surface area contributed by atoms with E-state index in [1.807, 2.05) is 0 Å². The number of carbonyl (C=O) groups is 2. The Bertz CT molecular complexity index is 1680. The smallest absolute Gasteiger partial charge is 0.380 e. The number of imidazole rings is 1. The Morgan fingerprint density at radius 2 is 1.78 bits per heavy atom. The topological polar surface area (TPSA) is 152 Å². The fourth-order valence-electron chi connectivity index (χ4n) is 7.55. The molecule has 4 aliphatic carbocycles. The van der Waals surface area contributed by atoms with Gasteiger partial charge in [-0.2, -0.15) is 18.3 Å². The number of carbonyl (C=O) groups excluding carboxylic acids is 2. The molecule has 4 heterocycles. The summed E-state index contributed by atoms with van der Waals surface area (Å²) in [6.45, 7) is 1.08. The molecule has 3 aromatic heterocycles. The molecule has 12 nitrogen and oxygen atoms in total. The van der Waals surface area contributed by atoms with E-state index < -0.39 is 90.8 Å². The molecule has 0 spiro atoms. The number of hydrogen-bond acceptors (Lipinski definition) is 9. The number of rotatable bonds is 6. The van der Waals surface area contributed by atoms with Crippen molar-refractivity contribution >= 4 is 17.6 Å². The highest BCUT2D eigenvalue weighted by Crippen LogP contribution is 2.70. The van der Waals surface area contributed by atoms with E-state index in [1.165, 1.54) is 28.7 Å². The Balaban J connectivity index is 1.21. The van der Waals surface area contributed by atoms with Gasteiger partial charge in [0, 0.05) is 32.2 Å². The van der Waals surface area contributed by atoms with E-state index >= 15 is 0 Å². The van der Waals surface area contributed by atoms with Crippen LogP contribution < -0.4 is 5.32 Å². The van der Waals surface area contributed by atoms with Crippen LogP contribution in [0.25, 0.3) is 5.78 Å². The zero-order valence-corrected chi connectivity index (χ0v) is 24.5. The van der Waals surface area contributed by atoms with Crippen molar-refractivity contribution in [1.82, 2.24) is 40.1 Å². The molecule has 46 heavy (non-hydrogen) atoms. The lowest BCUT2D eigenvalue weighted by Gasteiger charge is -2.65. The molecule has 0 radical (unpaired) electrons. The van der Waals surface area contributed by atoms with Gasteiger partial charge in [0.2, 0.25) is 11.8 Å². The summed E-state index contributed by atoms with van der Waals surface area (Å²) < 4.78 is 90.0. The Morgan fingerprint density at radius 3 is 2.39 bits per heavy atom. The molecule has 2 bridgehead atoms. The number of nitrogens with zero attached hydrogens (tertiary/aromatic N) is 7. The van der Waals surface area contributed by atoms with Crippen LogP contribution in [0.1, 0.15) is 97.4 Å². The average molecular weight is 657 g/mol. The molecule has 0 unspecified atom stereocenters. The molecule has 248 valence electrons. The summed E-state index contributed by atoms with van der Waals surface area (Å²) in [7, 11) is 0. The largest absolute Gasteiger partial charge is 0.417 e. The lowest BCUT2D eigenvalue weighted by atomic mass is 9.41. The predicted molar refractivity (Wildman–Crippen MR) is 142 cm³/mol.